The quantitative estimate of drug-likeness (QED) is 0.833. The molecule has 1 heterocycles. The van der Waals surface area contributed by atoms with Gasteiger partial charge in [0.1, 0.15) is 11.6 Å². The summed E-state index contributed by atoms with van der Waals surface area (Å²) >= 11 is 0. The number of aryl methyl sites for hydroxylation is 1. The lowest BCUT2D eigenvalue weighted by Gasteiger charge is -2.42. The molecule has 2 N–H and O–H groups in total. The third-order valence-electron chi connectivity index (χ3n) is 4.14. The van der Waals surface area contributed by atoms with Crippen LogP contribution in [-0.4, -0.2) is 26.8 Å². The highest BCUT2D eigenvalue weighted by Gasteiger charge is 2.40. The van der Waals surface area contributed by atoms with Crippen molar-refractivity contribution in [2.45, 2.75) is 57.9 Å². The molecule has 0 amide bonds. The van der Waals surface area contributed by atoms with Crippen LogP contribution in [0.5, 0.6) is 0 Å². The van der Waals surface area contributed by atoms with Crippen LogP contribution in [0.4, 0.5) is 5.82 Å². The largest absolute Gasteiger partial charge is 0.481 e. The maximum Gasteiger partial charge on any atom is 0.305 e. The Morgan fingerprint density at radius 3 is 2.52 bits per heavy atom. The van der Waals surface area contributed by atoms with Crippen molar-refractivity contribution >= 4 is 11.8 Å². The molecule has 1 aromatic heterocycles. The van der Waals surface area contributed by atoms with Crippen molar-refractivity contribution < 1.29 is 9.90 Å². The Morgan fingerprint density at radius 1 is 1.38 bits per heavy atom. The van der Waals surface area contributed by atoms with Crippen molar-refractivity contribution in [2.75, 3.05) is 5.32 Å². The smallest absolute Gasteiger partial charge is 0.305 e. The molecule has 0 unspecified atom stereocenters. The van der Waals surface area contributed by atoms with Gasteiger partial charge in [-0.3, -0.25) is 4.79 Å². The van der Waals surface area contributed by atoms with E-state index >= 15 is 0 Å². The van der Waals surface area contributed by atoms with E-state index in [-0.39, 0.29) is 6.42 Å². The molecule has 2 rings (SSSR count). The second kappa shape index (κ2) is 6.08. The zero-order chi connectivity index (χ0) is 15.5. The van der Waals surface area contributed by atoms with E-state index in [1.807, 2.05) is 13.8 Å². The number of carbonyl (C=O) groups is 1. The van der Waals surface area contributed by atoms with Crippen LogP contribution in [0.3, 0.4) is 0 Å². The summed E-state index contributed by atoms with van der Waals surface area (Å²) in [6.45, 7) is 3.96. The van der Waals surface area contributed by atoms with E-state index in [1.54, 1.807) is 0 Å². The second-order valence-corrected chi connectivity index (χ2v) is 5.50. The highest BCUT2D eigenvalue weighted by atomic mass is 16.4. The molecule has 1 aromatic rings. The van der Waals surface area contributed by atoms with Crippen molar-refractivity contribution in [3.05, 3.63) is 16.8 Å². The van der Waals surface area contributed by atoms with Gasteiger partial charge in [0, 0.05) is 5.54 Å². The molecule has 1 aliphatic rings. The first kappa shape index (κ1) is 15.2. The lowest BCUT2D eigenvalue weighted by Crippen LogP contribution is -2.47. The number of carboxylic acids is 1. The maximum absolute atomic E-state index is 11.0. The molecule has 6 nitrogen and oxygen atoms in total. The number of carboxylic acid groups (broad SMARTS) is 1. The van der Waals surface area contributed by atoms with E-state index in [0.29, 0.717) is 17.8 Å². The van der Waals surface area contributed by atoms with E-state index in [2.05, 4.69) is 21.6 Å². The number of rotatable bonds is 6. The van der Waals surface area contributed by atoms with E-state index in [0.717, 1.165) is 36.9 Å². The van der Waals surface area contributed by atoms with Crippen molar-refractivity contribution in [3.8, 4) is 6.07 Å². The van der Waals surface area contributed by atoms with Gasteiger partial charge in [0.15, 0.2) is 5.82 Å². The first-order valence-electron chi connectivity index (χ1n) is 7.33. The van der Waals surface area contributed by atoms with Gasteiger partial charge >= 0.3 is 5.97 Å². The molecule has 6 heteroatoms. The molecule has 0 atom stereocenters. The number of aromatic nitrogens is 2. The predicted octanol–water partition coefficient (Wildman–Crippen LogP) is 2.28. The monoisotopic (exact) mass is 288 g/mol. The first-order valence-corrected chi connectivity index (χ1v) is 7.33. The minimum Gasteiger partial charge on any atom is -0.481 e. The molecule has 1 aliphatic carbocycles. The number of nitrogens with zero attached hydrogens (tertiary/aromatic N) is 3. The fraction of sp³-hybridized carbons (Fsp3) is 0.600. The molecule has 1 saturated carbocycles. The number of hydrogen-bond donors (Lipinski definition) is 2. The molecule has 0 aliphatic heterocycles. The van der Waals surface area contributed by atoms with Gasteiger partial charge in [-0.25, -0.2) is 0 Å². The topological polar surface area (TPSA) is 98.9 Å². The maximum atomic E-state index is 11.0. The van der Waals surface area contributed by atoms with E-state index in [1.165, 1.54) is 0 Å². The van der Waals surface area contributed by atoms with Crippen LogP contribution in [0.25, 0.3) is 0 Å². The van der Waals surface area contributed by atoms with E-state index in [4.69, 9.17) is 5.11 Å². The van der Waals surface area contributed by atoms with Gasteiger partial charge in [-0.2, -0.15) is 10.4 Å². The van der Waals surface area contributed by atoms with Crippen LogP contribution in [0.1, 0.15) is 56.4 Å². The standard InChI is InChI=1S/C15H20N4O2/c1-3-10-11(9-16)14(19-18-12(10)4-2)17-15(6-5-7-15)8-13(20)21/h3-8H2,1-2H3,(H,17,19)(H,20,21). The van der Waals surface area contributed by atoms with Gasteiger partial charge < -0.3 is 10.4 Å². The van der Waals surface area contributed by atoms with Crippen LogP contribution in [0.2, 0.25) is 0 Å². The van der Waals surface area contributed by atoms with Gasteiger partial charge in [0.25, 0.3) is 0 Å². The summed E-state index contributed by atoms with van der Waals surface area (Å²) < 4.78 is 0. The van der Waals surface area contributed by atoms with Gasteiger partial charge in [-0.1, -0.05) is 13.8 Å². The summed E-state index contributed by atoms with van der Waals surface area (Å²) in [5.74, 6) is -0.415. The van der Waals surface area contributed by atoms with E-state index in [9.17, 15) is 10.1 Å². The average Bonchev–Trinajstić information content (AvgIpc) is 2.43. The molecular weight excluding hydrogens is 268 g/mol. The fourth-order valence-corrected chi connectivity index (χ4v) is 2.87. The highest BCUT2D eigenvalue weighted by molar-refractivity contribution is 5.70. The van der Waals surface area contributed by atoms with Crippen LogP contribution in [0.15, 0.2) is 0 Å². The van der Waals surface area contributed by atoms with Crippen molar-refractivity contribution in [1.82, 2.24) is 10.2 Å². The van der Waals surface area contributed by atoms with Gasteiger partial charge in [0.05, 0.1) is 12.1 Å². The Bertz CT molecular complexity index is 588. The Labute approximate surface area is 124 Å². The molecule has 1 fully saturated rings. The zero-order valence-corrected chi connectivity index (χ0v) is 12.4. The normalized spacial score (nSPS) is 15.9. The zero-order valence-electron chi connectivity index (χ0n) is 12.4. The summed E-state index contributed by atoms with van der Waals surface area (Å²) in [6, 6.07) is 2.20. The van der Waals surface area contributed by atoms with Crippen LogP contribution < -0.4 is 5.32 Å². The van der Waals surface area contributed by atoms with Crippen molar-refractivity contribution in [3.63, 3.8) is 0 Å². The number of hydrogen-bond acceptors (Lipinski definition) is 5. The lowest BCUT2D eigenvalue weighted by atomic mass is 9.74. The van der Waals surface area contributed by atoms with Gasteiger partial charge in [-0.05, 0) is 37.7 Å². The number of anilines is 1. The second-order valence-electron chi connectivity index (χ2n) is 5.50. The fourth-order valence-electron chi connectivity index (χ4n) is 2.87. The Kier molecular flexibility index (Phi) is 4.41. The Balaban J connectivity index is 2.36. The predicted molar refractivity (Wildman–Crippen MR) is 78.0 cm³/mol. The molecule has 0 spiro atoms. The van der Waals surface area contributed by atoms with Crippen molar-refractivity contribution in [2.24, 2.45) is 0 Å². The SMILES string of the molecule is CCc1nnc(NC2(CC(=O)O)CCC2)c(C#N)c1CC. The summed E-state index contributed by atoms with van der Waals surface area (Å²) in [4.78, 5) is 11.0. The third kappa shape index (κ3) is 2.97. The summed E-state index contributed by atoms with van der Waals surface area (Å²) in [5, 5.41) is 30.0. The minimum atomic E-state index is -0.838. The first-order chi connectivity index (χ1) is 10.0. The Morgan fingerprint density at radius 2 is 2.10 bits per heavy atom. The molecule has 0 aromatic carbocycles. The highest BCUT2D eigenvalue weighted by Crippen LogP contribution is 2.38. The van der Waals surface area contributed by atoms with Gasteiger partial charge in [-0.15, -0.1) is 5.10 Å². The number of nitrogens with one attached hydrogen (secondary N) is 1. The average molecular weight is 288 g/mol. The van der Waals surface area contributed by atoms with Crippen LogP contribution in [0, 0.1) is 11.3 Å². The number of aliphatic carboxylic acids is 1. The molecular formula is C15H20N4O2. The summed E-state index contributed by atoms with van der Waals surface area (Å²) in [6.07, 6.45) is 4.03. The minimum absolute atomic E-state index is 0.0382. The lowest BCUT2D eigenvalue weighted by molar-refractivity contribution is -0.138. The van der Waals surface area contributed by atoms with Gasteiger partial charge in [0.2, 0.25) is 0 Å². The summed E-state index contributed by atoms with van der Waals surface area (Å²) in [5.41, 5.74) is 1.76. The van der Waals surface area contributed by atoms with Crippen LogP contribution >= 0.6 is 0 Å². The number of nitriles is 1. The third-order valence-corrected chi connectivity index (χ3v) is 4.14. The van der Waals surface area contributed by atoms with Crippen LogP contribution in [-0.2, 0) is 17.6 Å². The molecule has 0 bridgehead atoms. The molecule has 21 heavy (non-hydrogen) atoms. The summed E-state index contributed by atoms with van der Waals surface area (Å²) in [7, 11) is 0. The molecule has 0 radical (unpaired) electrons. The Hall–Kier alpha value is -2.16. The van der Waals surface area contributed by atoms with Crippen molar-refractivity contribution in [1.29, 1.82) is 5.26 Å². The molecule has 0 saturated heterocycles. The molecule has 112 valence electrons. The van der Waals surface area contributed by atoms with E-state index < -0.39 is 11.5 Å².